The highest BCUT2D eigenvalue weighted by atomic mass is 32.1. The zero-order valence-corrected chi connectivity index (χ0v) is 25.4. The van der Waals surface area contributed by atoms with E-state index in [1.807, 2.05) is 6.07 Å². The molecule has 0 radical (unpaired) electrons. The highest BCUT2D eigenvalue weighted by molar-refractivity contribution is 7.22. The van der Waals surface area contributed by atoms with E-state index < -0.39 is 17.7 Å². The molecule has 10 nitrogen and oxygen atoms in total. The molecular weight excluding hydrogens is 584 g/mol. The van der Waals surface area contributed by atoms with E-state index in [4.69, 9.17) is 28.7 Å². The molecule has 0 bridgehead atoms. The summed E-state index contributed by atoms with van der Waals surface area (Å²) in [7, 11) is 3.11. The van der Waals surface area contributed by atoms with Crippen LogP contribution in [0.4, 0.5) is 5.13 Å². The Hall–Kier alpha value is -4.77. The van der Waals surface area contributed by atoms with Crippen LogP contribution >= 0.6 is 11.3 Å². The monoisotopic (exact) mass is 616 g/mol. The Bertz CT molecular complexity index is 1760. The SMILES string of the molecule is CCCCCOc1ccc(C2/C(=C(\O)c3ccc4c(c3)OCCO4)C(=O)C(=O)N2c2nc3ccc(OC)cc3s2)cc1OC. The molecule has 4 aromatic rings. The number of ether oxygens (including phenoxy) is 5. The van der Waals surface area contributed by atoms with Gasteiger partial charge in [-0.2, -0.15) is 0 Å². The maximum absolute atomic E-state index is 13.8. The molecule has 1 N–H and O–H groups in total. The molecule has 1 aromatic heterocycles. The summed E-state index contributed by atoms with van der Waals surface area (Å²) in [5, 5.41) is 12.0. The zero-order valence-electron chi connectivity index (χ0n) is 24.6. The lowest BCUT2D eigenvalue weighted by Gasteiger charge is -2.24. The number of carbonyl (C=O) groups excluding carboxylic acids is 2. The molecule has 3 aromatic carbocycles. The highest BCUT2D eigenvalue weighted by Gasteiger charge is 2.48. The molecule has 1 fully saturated rings. The van der Waals surface area contributed by atoms with Gasteiger partial charge in [0.1, 0.15) is 24.7 Å². The molecule has 0 saturated carbocycles. The van der Waals surface area contributed by atoms with Crippen LogP contribution in [-0.2, 0) is 9.59 Å². The number of aliphatic hydroxyl groups is 1. The summed E-state index contributed by atoms with van der Waals surface area (Å²) in [5.41, 5.74) is 1.42. The minimum atomic E-state index is -1.01. The van der Waals surface area contributed by atoms with Gasteiger partial charge in [0.2, 0.25) is 0 Å². The normalized spacial score (nSPS) is 17.2. The average molecular weight is 617 g/mol. The third kappa shape index (κ3) is 5.39. The largest absolute Gasteiger partial charge is 0.507 e. The number of ketones is 1. The molecule has 1 amide bonds. The van der Waals surface area contributed by atoms with Crippen molar-refractivity contribution in [3.05, 3.63) is 71.3 Å². The number of nitrogens with zero attached hydrogens (tertiary/aromatic N) is 2. The molecule has 228 valence electrons. The molecule has 6 rings (SSSR count). The molecular formula is C33H32N2O8S. The van der Waals surface area contributed by atoms with Crippen LogP contribution in [-0.4, -0.2) is 55.8 Å². The van der Waals surface area contributed by atoms with Crippen molar-refractivity contribution in [2.45, 2.75) is 32.2 Å². The lowest BCUT2D eigenvalue weighted by Crippen LogP contribution is -2.29. The van der Waals surface area contributed by atoms with Crippen LogP contribution in [0.3, 0.4) is 0 Å². The van der Waals surface area contributed by atoms with Gasteiger partial charge in [-0.1, -0.05) is 37.2 Å². The Morgan fingerprint density at radius 3 is 2.57 bits per heavy atom. The number of amides is 1. The molecule has 2 aliphatic rings. The second-order valence-electron chi connectivity index (χ2n) is 10.3. The molecule has 1 unspecified atom stereocenters. The Morgan fingerprint density at radius 2 is 1.80 bits per heavy atom. The van der Waals surface area contributed by atoms with Crippen LogP contribution in [0, 0.1) is 0 Å². The van der Waals surface area contributed by atoms with Gasteiger partial charge in [-0.15, -0.1) is 0 Å². The van der Waals surface area contributed by atoms with E-state index in [0.717, 1.165) is 24.0 Å². The van der Waals surface area contributed by atoms with Crippen LogP contribution in [0.5, 0.6) is 28.7 Å². The standard InChI is InChI=1S/C33H32N2O8S/c1-4-5-6-13-41-23-11-7-19(16-25(23)40-3)29-28(30(36)20-8-12-24-26(17-20)43-15-14-42-24)31(37)32(38)35(29)33-34-22-10-9-21(39-2)18-27(22)44-33/h7-12,16-18,29,36H,4-6,13-15H2,1-3H3/b30-28+. The van der Waals surface area contributed by atoms with Crippen LogP contribution < -0.4 is 28.6 Å². The first-order chi connectivity index (χ1) is 21.4. The van der Waals surface area contributed by atoms with Gasteiger partial charge >= 0.3 is 5.91 Å². The summed E-state index contributed by atoms with van der Waals surface area (Å²) < 4.78 is 29.1. The maximum Gasteiger partial charge on any atom is 0.301 e. The van der Waals surface area contributed by atoms with E-state index in [2.05, 4.69) is 6.92 Å². The number of aliphatic hydroxyl groups excluding tert-OH is 1. The summed E-state index contributed by atoms with van der Waals surface area (Å²) >= 11 is 1.25. The summed E-state index contributed by atoms with van der Waals surface area (Å²) in [4.78, 5) is 33.5. The number of methoxy groups -OCH3 is 2. The van der Waals surface area contributed by atoms with Crippen molar-refractivity contribution in [2.75, 3.05) is 38.9 Å². The van der Waals surface area contributed by atoms with E-state index in [9.17, 15) is 14.7 Å². The van der Waals surface area contributed by atoms with Crippen molar-refractivity contribution in [3.63, 3.8) is 0 Å². The molecule has 44 heavy (non-hydrogen) atoms. The van der Waals surface area contributed by atoms with E-state index in [1.54, 1.807) is 55.6 Å². The summed E-state index contributed by atoms with van der Waals surface area (Å²) in [6, 6.07) is 14.6. The first kappa shape index (κ1) is 29.3. The van der Waals surface area contributed by atoms with E-state index in [1.165, 1.54) is 23.3 Å². The van der Waals surface area contributed by atoms with Crippen molar-refractivity contribution >= 4 is 44.1 Å². The first-order valence-electron chi connectivity index (χ1n) is 14.4. The Labute approximate surface area is 258 Å². The smallest absolute Gasteiger partial charge is 0.301 e. The quantitative estimate of drug-likeness (QED) is 0.0951. The number of carbonyl (C=O) groups is 2. The predicted molar refractivity (Wildman–Crippen MR) is 166 cm³/mol. The van der Waals surface area contributed by atoms with Gasteiger partial charge in [0.25, 0.3) is 5.78 Å². The van der Waals surface area contributed by atoms with Crippen LogP contribution in [0.1, 0.15) is 43.4 Å². The number of benzene rings is 3. The number of anilines is 1. The van der Waals surface area contributed by atoms with Crippen molar-refractivity contribution < 1.29 is 38.4 Å². The number of thiazole rings is 1. The molecule has 2 aliphatic heterocycles. The summed E-state index contributed by atoms with van der Waals surface area (Å²) in [6.07, 6.45) is 3.02. The fourth-order valence-electron chi connectivity index (χ4n) is 5.32. The molecule has 0 aliphatic carbocycles. The van der Waals surface area contributed by atoms with E-state index >= 15 is 0 Å². The first-order valence-corrected chi connectivity index (χ1v) is 15.2. The molecule has 1 atom stereocenters. The second-order valence-corrected chi connectivity index (χ2v) is 11.3. The third-order valence-corrected chi connectivity index (χ3v) is 8.58. The molecule has 11 heteroatoms. The van der Waals surface area contributed by atoms with Gasteiger partial charge in [0.05, 0.1) is 42.7 Å². The lowest BCUT2D eigenvalue weighted by atomic mass is 9.95. The van der Waals surface area contributed by atoms with Crippen molar-refractivity contribution in [1.29, 1.82) is 0 Å². The Balaban J connectivity index is 1.48. The van der Waals surface area contributed by atoms with Gasteiger partial charge in [-0.05, 0) is 60.5 Å². The number of hydrogen-bond acceptors (Lipinski definition) is 10. The predicted octanol–water partition coefficient (Wildman–Crippen LogP) is 6.28. The molecule has 3 heterocycles. The number of fused-ring (bicyclic) bond motifs is 2. The average Bonchev–Trinajstić information content (AvgIpc) is 3.59. The molecule has 0 spiro atoms. The van der Waals surface area contributed by atoms with Crippen LogP contribution in [0.15, 0.2) is 60.2 Å². The minimum Gasteiger partial charge on any atom is -0.507 e. The number of aromatic nitrogens is 1. The number of unbranched alkanes of at least 4 members (excludes halogenated alkanes) is 2. The number of hydrogen-bond donors (Lipinski definition) is 1. The van der Waals surface area contributed by atoms with Crippen molar-refractivity contribution in [3.8, 4) is 28.7 Å². The van der Waals surface area contributed by atoms with Gasteiger partial charge in [0.15, 0.2) is 28.1 Å². The minimum absolute atomic E-state index is 0.0813. The second kappa shape index (κ2) is 12.5. The zero-order chi connectivity index (χ0) is 30.8. The van der Waals surface area contributed by atoms with Crippen LogP contribution in [0.2, 0.25) is 0 Å². The summed E-state index contributed by atoms with van der Waals surface area (Å²) in [6.45, 7) is 3.42. The number of rotatable bonds is 10. The molecule has 1 saturated heterocycles. The van der Waals surface area contributed by atoms with Gasteiger partial charge in [0, 0.05) is 5.56 Å². The number of Topliss-reactive ketones (excluding diaryl/α,β-unsaturated/α-hetero) is 1. The fraction of sp³-hybridized carbons (Fsp3) is 0.303. The van der Waals surface area contributed by atoms with Gasteiger partial charge in [-0.3, -0.25) is 14.5 Å². The van der Waals surface area contributed by atoms with Crippen LogP contribution in [0.25, 0.3) is 16.0 Å². The van der Waals surface area contributed by atoms with Gasteiger partial charge < -0.3 is 28.8 Å². The summed E-state index contributed by atoms with van der Waals surface area (Å²) in [5.74, 6) is 0.628. The Morgan fingerprint density at radius 1 is 0.977 bits per heavy atom. The highest BCUT2D eigenvalue weighted by Crippen LogP contribution is 2.46. The van der Waals surface area contributed by atoms with Crippen molar-refractivity contribution in [2.24, 2.45) is 0 Å². The van der Waals surface area contributed by atoms with E-state index in [0.29, 0.717) is 70.3 Å². The topological polar surface area (TPSA) is 117 Å². The van der Waals surface area contributed by atoms with Gasteiger partial charge in [-0.25, -0.2) is 4.98 Å². The fourth-order valence-corrected chi connectivity index (χ4v) is 6.34. The van der Waals surface area contributed by atoms with E-state index in [-0.39, 0.29) is 11.3 Å². The Kier molecular flexibility index (Phi) is 8.30. The maximum atomic E-state index is 13.8. The lowest BCUT2D eigenvalue weighted by molar-refractivity contribution is -0.132. The van der Waals surface area contributed by atoms with Crippen molar-refractivity contribution in [1.82, 2.24) is 4.98 Å². The third-order valence-electron chi connectivity index (χ3n) is 7.56.